The number of hydrogen-bond donors (Lipinski definition) is 0. The molecule has 0 radical (unpaired) electrons. The maximum atomic E-state index is 12.7. The van der Waals surface area contributed by atoms with Crippen molar-refractivity contribution in [1.82, 2.24) is 10.1 Å². The highest BCUT2D eigenvalue weighted by Crippen LogP contribution is 2.37. The fourth-order valence-electron chi connectivity index (χ4n) is 2.89. The Morgan fingerprint density at radius 2 is 1.81 bits per heavy atom. The Labute approximate surface area is 149 Å². The second kappa shape index (κ2) is 6.44. The lowest BCUT2D eigenvalue weighted by atomic mass is 9.94. The fourth-order valence-corrected chi connectivity index (χ4v) is 2.89. The lowest BCUT2D eigenvalue weighted by molar-refractivity contribution is 0.0971. The zero-order valence-electron chi connectivity index (χ0n) is 14.2. The molecule has 1 aliphatic heterocycles. The van der Waals surface area contributed by atoms with Crippen molar-refractivity contribution in [1.29, 1.82) is 0 Å². The molecule has 1 unspecified atom stereocenters. The van der Waals surface area contributed by atoms with E-state index in [1.54, 1.807) is 43.5 Å². The third-order valence-electron chi connectivity index (χ3n) is 4.17. The van der Waals surface area contributed by atoms with Crippen LogP contribution in [0.1, 0.15) is 22.2 Å². The normalized spacial score (nSPS) is 15.6. The van der Waals surface area contributed by atoms with E-state index in [1.807, 2.05) is 6.07 Å². The Hall–Kier alpha value is -3.48. The van der Waals surface area contributed by atoms with E-state index in [0.717, 1.165) is 0 Å². The van der Waals surface area contributed by atoms with E-state index in [4.69, 9.17) is 14.0 Å². The molecule has 0 saturated carbocycles. The van der Waals surface area contributed by atoms with Crippen LogP contribution in [-0.4, -0.2) is 36.4 Å². The highest BCUT2D eigenvalue weighted by Gasteiger charge is 2.31. The largest absolute Gasteiger partial charge is 0.493 e. The van der Waals surface area contributed by atoms with Gasteiger partial charge in [0, 0.05) is 11.8 Å². The molecule has 0 bridgehead atoms. The second-order valence-electron chi connectivity index (χ2n) is 5.63. The van der Waals surface area contributed by atoms with Crippen molar-refractivity contribution in [2.75, 3.05) is 14.2 Å². The Morgan fingerprint density at radius 3 is 2.62 bits per heavy atom. The molecule has 2 heterocycles. The van der Waals surface area contributed by atoms with E-state index in [2.05, 4.69) is 15.1 Å². The van der Waals surface area contributed by atoms with Crippen LogP contribution < -0.4 is 9.47 Å². The maximum Gasteiger partial charge on any atom is 0.243 e. The monoisotopic (exact) mass is 349 g/mol. The number of carbonyl (C=O) groups is 1. The zero-order valence-corrected chi connectivity index (χ0v) is 14.2. The van der Waals surface area contributed by atoms with Gasteiger partial charge in [0.25, 0.3) is 0 Å². The van der Waals surface area contributed by atoms with Crippen LogP contribution in [0.4, 0.5) is 5.69 Å². The summed E-state index contributed by atoms with van der Waals surface area (Å²) in [6.07, 6.45) is 1.53. The Kier molecular flexibility index (Phi) is 3.96. The van der Waals surface area contributed by atoms with Gasteiger partial charge in [0.15, 0.2) is 17.3 Å². The predicted octanol–water partition coefficient (Wildman–Crippen LogP) is 3.44. The molecule has 26 heavy (non-hydrogen) atoms. The van der Waals surface area contributed by atoms with Gasteiger partial charge in [-0.1, -0.05) is 23.4 Å². The first-order valence-electron chi connectivity index (χ1n) is 7.95. The van der Waals surface area contributed by atoms with Crippen LogP contribution in [0.2, 0.25) is 0 Å². The molecule has 130 valence electrons. The van der Waals surface area contributed by atoms with Crippen molar-refractivity contribution < 1.29 is 18.8 Å². The standard InChI is InChI=1S/C19H15N3O4/c1-24-15-9-5-7-12(17(15)25-2)18-21-19(26-22-18)13-10-20-14-8-4-3-6-11(14)16(13)23/h3-10,13H,1-2H3. The summed E-state index contributed by atoms with van der Waals surface area (Å²) in [5.74, 6) is 0.729. The van der Waals surface area contributed by atoms with Crippen molar-refractivity contribution >= 4 is 17.7 Å². The van der Waals surface area contributed by atoms with Crippen LogP contribution in [0, 0.1) is 0 Å². The number of methoxy groups -OCH3 is 2. The van der Waals surface area contributed by atoms with E-state index in [1.165, 1.54) is 13.3 Å². The first-order valence-corrected chi connectivity index (χ1v) is 7.95. The number of hydrogen-bond acceptors (Lipinski definition) is 7. The van der Waals surface area contributed by atoms with E-state index >= 15 is 0 Å². The number of aliphatic imine (C=N–C) groups is 1. The average Bonchev–Trinajstić information content (AvgIpc) is 3.17. The average molecular weight is 349 g/mol. The fraction of sp³-hybridized carbons (Fsp3) is 0.158. The minimum atomic E-state index is -0.706. The quantitative estimate of drug-likeness (QED) is 0.717. The van der Waals surface area contributed by atoms with Gasteiger partial charge in [0.05, 0.1) is 25.5 Å². The summed E-state index contributed by atoms with van der Waals surface area (Å²) in [5.41, 5.74) is 1.80. The molecule has 1 aliphatic rings. The first kappa shape index (κ1) is 16.0. The molecule has 7 nitrogen and oxygen atoms in total. The van der Waals surface area contributed by atoms with Crippen LogP contribution >= 0.6 is 0 Å². The molecule has 1 atom stereocenters. The molecule has 0 fully saturated rings. The van der Waals surface area contributed by atoms with Crippen LogP contribution in [0.5, 0.6) is 11.5 Å². The Morgan fingerprint density at radius 1 is 1.00 bits per heavy atom. The summed E-state index contributed by atoms with van der Waals surface area (Å²) < 4.78 is 16.0. The van der Waals surface area contributed by atoms with Crippen LogP contribution in [-0.2, 0) is 0 Å². The summed E-state index contributed by atoms with van der Waals surface area (Å²) in [6, 6.07) is 12.5. The molecule has 4 rings (SSSR count). The number of para-hydroxylation sites is 2. The molecule has 0 N–H and O–H groups in total. The molecule has 0 aliphatic carbocycles. The molecular formula is C19H15N3O4. The Balaban J connectivity index is 1.71. The van der Waals surface area contributed by atoms with E-state index in [0.29, 0.717) is 34.1 Å². The van der Waals surface area contributed by atoms with Crippen molar-refractivity contribution in [3.05, 3.63) is 53.9 Å². The van der Waals surface area contributed by atoms with Gasteiger partial charge in [-0.2, -0.15) is 4.98 Å². The van der Waals surface area contributed by atoms with Gasteiger partial charge >= 0.3 is 0 Å². The number of ketones is 1. The Bertz CT molecular complexity index is 1010. The van der Waals surface area contributed by atoms with Crippen LogP contribution in [0.25, 0.3) is 11.4 Å². The van der Waals surface area contributed by atoms with Gasteiger partial charge in [-0.25, -0.2) is 0 Å². The molecule has 1 aromatic heterocycles. The number of aromatic nitrogens is 2. The van der Waals surface area contributed by atoms with Crippen molar-refractivity contribution in [2.45, 2.75) is 5.92 Å². The van der Waals surface area contributed by atoms with Crippen LogP contribution in [0.3, 0.4) is 0 Å². The van der Waals surface area contributed by atoms with Crippen molar-refractivity contribution in [3.63, 3.8) is 0 Å². The van der Waals surface area contributed by atoms with Gasteiger partial charge in [0.1, 0.15) is 5.92 Å². The summed E-state index contributed by atoms with van der Waals surface area (Å²) in [4.78, 5) is 21.4. The number of benzene rings is 2. The third kappa shape index (κ3) is 2.54. The minimum absolute atomic E-state index is 0.122. The third-order valence-corrected chi connectivity index (χ3v) is 4.17. The molecule has 0 amide bonds. The minimum Gasteiger partial charge on any atom is -0.493 e. The number of rotatable bonds is 4. The SMILES string of the molecule is COc1cccc(-c2noc(C3C=Nc4ccccc4C3=O)n2)c1OC. The van der Waals surface area contributed by atoms with Gasteiger partial charge < -0.3 is 14.0 Å². The first-order chi connectivity index (χ1) is 12.7. The van der Waals surface area contributed by atoms with Crippen LogP contribution in [0.15, 0.2) is 52.0 Å². The highest BCUT2D eigenvalue weighted by atomic mass is 16.5. The highest BCUT2D eigenvalue weighted by molar-refractivity contribution is 6.15. The lowest BCUT2D eigenvalue weighted by Gasteiger charge is -2.13. The number of carbonyl (C=O) groups excluding carboxylic acids is 1. The topological polar surface area (TPSA) is 86.8 Å². The number of ether oxygens (including phenoxy) is 2. The summed E-state index contributed by atoms with van der Waals surface area (Å²) >= 11 is 0. The smallest absolute Gasteiger partial charge is 0.243 e. The number of fused-ring (bicyclic) bond motifs is 1. The molecule has 2 aromatic carbocycles. The van der Waals surface area contributed by atoms with Crippen molar-refractivity contribution in [2.24, 2.45) is 4.99 Å². The maximum absolute atomic E-state index is 12.7. The summed E-state index contributed by atoms with van der Waals surface area (Å²) in [6.45, 7) is 0. The van der Waals surface area contributed by atoms with Gasteiger partial charge in [-0.3, -0.25) is 9.79 Å². The lowest BCUT2D eigenvalue weighted by Crippen LogP contribution is -2.18. The number of nitrogens with zero attached hydrogens (tertiary/aromatic N) is 3. The molecule has 0 saturated heterocycles. The molecule has 0 spiro atoms. The molecule has 3 aromatic rings. The summed E-state index contributed by atoms with van der Waals surface area (Å²) in [7, 11) is 3.09. The predicted molar refractivity (Wildman–Crippen MR) is 94.5 cm³/mol. The van der Waals surface area contributed by atoms with E-state index in [9.17, 15) is 4.79 Å². The second-order valence-corrected chi connectivity index (χ2v) is 5.63. The zero-order chi connectivity index (χ0) is 18.1. The van der Waals surface area contributed by atoms with E-state index in [-0.39, 0.29) is 11.7 Å². The van der Waals surface area contributed by atoms with Gasteiger partial charge in [-0.05, 0) is 24.3 Å². The summed E-state index contributed by atoms with van der Waals surface area (Å²) in [5, 5.41) is 4.00. The van der Waals surface area contributed by atoms with Gasteiger partial charge in [-0.15, -0.1) is 0 Å². The number of Topliss-reactive ketones (excluding diaryl/α,β-unsaturated/α-hetero) is 1. The molecular weight excluding hydrogens is 334 g/mol. The van der Waals surface area contributed by atoms with E-state index < -0.39 is 5.92 Å². The molecule has 7 heteroatoms. The van der Waals surface area contributed by atoms with Gasteiger partial charge in [0.2, 0.25) is 11.7 Å². The van der Waals surface area contributed by atoms with Crippen molar-refractivity contribution in [3.8, 4) is 22.9 Å².